The van der Waals surface area contributed by atoms with Gasteiger partial charge in [0.1, 0.15) is 0 Å². The maximum absolute atomic E-state index is 5.94. The molecule has 0 saturated heterocycles. The van der Waals surface area contributed by atoms with Crippen LogP contribution in [-0.4, -0.2) is 22.2 Å². The monoisotopic (exact) mass is 206 g/mol. The van der Waals surface area contributed by atoms with E-state index in [9.17, 15) is 0 Å². The summed E-state index contributed by atoms with van der Waals surface area (Å²) in [6.45, 7) is 1.56. The first kappa shape index (κ1) is 10.2. The quantitative estimate of drug-likeness (QED) is 0.598. The maximum atomic E-state index is 5.94. The third-order valence-corrected chi connectivity index (χ3v) is 2.96. The molecule has 0 unspecified atom stereocenters. The molecule has 2 N–H and O–H groups in total. The summed E-state index contributed by atoms with van der Waals surface area (Å²) in [4.78, 5) is 4.41. The lowest BCUT2D eigenvalue weighted by molar-refractivity contribution is 0.620. The van der Waals surface area contributed by atoms with Gasteiger partial charge in [0.2, 0.25) is 0 Å². The Morgan fingerprint density at radius 2 is 2.27 bits per heavy atom. The topological polar surface area (TPSA) is 56.2 Å². The molecule has 1 aromatic rings. The van der Waals surface area contributed by atoms with Crippen molar-refractivity contribution in [1.82, 2.24) is 9.78 Å². The lowest BCUT2D eigenvalue weighted by atomic mass is 10.1. The summed E-state index contributed by atoms with van der Waals surface area (Å²) in [5.41, 5.74) is 5.94. The highest BCUT2D eigenvalue weighted by atomic mass is 15.3. The predicted molar refractivity (Wildman–Crippen MR) is 60.7 cm³/mol. The number of amidine groups is 1. The molecule has 4 heteroatoms. The fourth-order valence-electron chi connectivity index (χ4n) is 2.06. The molecule has 1 fully saturated rings. The second kappa shape index (κ2) is 4.96. The molecule has 82 valence electrons. The van der Waals surface area contributed by atoms with Gasteiger partial charge < -0.3 is 5.73 Å². The van der Waals surface area contributed by atoms with Gasteiger partial charge in [-0.3, -0.25) is 9.67 Å². The van der Waals surface area contributed by atoms with Crippen molar-refractivity contribution in [3.8, 4) is 0 Å². The summed E-state index contributed by atoms with van der Waals surface area (Å²) in [6.07, 6.45) is 8.78. The summed E-state index contributed by atoms with van der Waals surface area (Å²) in [7, 11) is 0. The molecule has 0 amide bonds. The Hall–Kier alpha value is -1.32. The first-order chi connectivity index (χ1) is 7.36. The molecule has 0 aliphatic heterocycles. The van der Waals surface area contributed by atoms with Crippen molar-refractivity contribution in [2.45, 2.75) is 32.2 Å². The number of hydrogen-bond donors (Lipinski definition) is 1. The van der Waals surface area contributed by atoms with E-state index in [1.807, 2.05) is 16.9 Å². The first-order valence-corrected chi connectivity index (χ1v) is 5.63. The standard InChI is InChI=1S/C11H18N4/c12-11(10-4-1-2-5-10)13-7-9-15-8-3-6-14-15/h3,6,8,10H,1-2,4-5,7,9H2,(H2,12,13). The van der Waals surface area contributed by atoms with Crippen LogP contribution in [0.25, 0.3) is 0 Å². The molecule has 4 nitrogen and oxygen atoms in total. The van der Waals surface area contributed by atoms with E-state index in [0.717, 1.165) is 18.9 Å². The highest BCUT2D eigenvalue weighted by molar-refractivity contribution is 5.83. The highest BCUT2D eigenvalue weighted by Crippen LogP contribution is 2.24. The summed E-state index contributed by atoms with van der Waals surface area (Å²) < 4.78 is 1.88. The van der Waals surface area contributed by atoms with Crippen molar-refractivity contribution in [2.75, 3.05) is 6.54 Å². The average Bonchev–Trinajstić information content (AvgIpc) is 2.90. The molecule has 1 aromatic heterocycles. The first-order valence-electron chi connectivity index (χ1n) is 5.63. The minimum Gasteiger partial charge on any atom is -0.387 e. The van der Waals surface area contributed by atoms with Crippen LogP contribution >= 0.6 is 0 Å². The van der Waals surface area contributed by atoms with E-state index in [2.05, 4.69) is 10.1 Å². The van der Waals surface area contributed by atoms with Gasteiger partial charge in [-0.05, 0) is 18.9 Å². The second-order valence-electron chi connectivity index (χ2n) is 4.06. The Morgan fingerprint density at radius 1 is 1.47 bits per heavy atom. The zero-order valence-electron chi connectivity index (χ0n) is 8.97. The van der Waals surface area contributed by atoms with Crippen molar-refractivity contribution < 1.29 is 0 Å². The van der Waals surface area contributed by atoms with Crippen molar-refractivity contribution in [1.29, 1.82) is 0 Å². The van der Waals surface area contributed by atoms with Crippen LogP contribution in [0.3, 0.4) is 0 Å². The minimum absolute atomic E-state index is 0.544. The van der Waals surface area contributed by atoms with E-state index in [0.29, 0.717) is 5.92 Å². The lowest BCUT2D eigenvalue weighted by Gasteiger charge is -2.07. The van der Waals surface area contributed by atoms with Gasteiger partial charge in [0.25, 0.3) is 0 Å². The third kappa shape index (κ3) is 2.81. The van der Waals surface area contributed by atoms with E-state index >= 15 is 0 Å². The minimum atomic E-state index is 0.544. The van der Waals surface area contributed by atoms with Crippen LogP contribution in [0.5, 0.6) is 0 Å². The van der Waals surface area contributed by atoms with E-state index in [4.69, 9.17) is 5.73 Å². The van der Waals surface area contributed by atoms with Crippen molar-refractivity contribution in [3.05, 3.63) is 18.5 Å². The van der Waals surface area contributed by atoms with Gasteiger partial charge in [-0.1, -0.05) is 12.8 Å². The number of aromatic nitrogens is 2. The number of hydrogen-bond acceptors (Lipinski definition) is 2. The molecule has 1 aliphatic rings. The Balaban J connectivity index is 1.78. The third-order valence-electron chi connectivity index (χ3n) is 2.96. The molecule has 0 spiro atoms. The normalized spacial score (nSPS) is 18.5. The zero-order valence-corrected chi connectivity index (χ0v) is 8.97. The molecule has 0 bridgehead atoms. The van der Waals surface area contributed by atoms with Crippen LogP contribution < -0.4 is 5.73 Å². The van der Waals surface area contributed by atoms with Gasteiger partial charge in [-0.2, -0.15) is 5.10 Å². The summed E-state index contributed by atoms with van der Waals surface area (Å²) in [5.74, 6) is 1.39. The smallest absolute Gasteiger partial charge is 0.0969 e. The van der Waals surface area contributed by atoms with E-state index in [1.165, 1.54) is 25.7 Å². The van der Waals surface area contributed by atoms with E-state index in [1.54, 1.807) is 6.20 Å². The van der Waals surface area contributed by atoms with Crippen LogP contribution in [0.2, 0.25) is 0 Å². The fourth-order valence-corrected chi connectivity index (χ4v) is 2.06. The molecular formula is C11H18N4. The molecule has 1 aliphatic carbocycles. The molecule has 0 radical (unpaired) electrons. The molecule has 0 aromatic carbocycles. The highest BCUT2D eigenvalue weighted by Gasteiger charge is 2.17. The van der Waals surface area contributed by atoms with Crippen LogP contribution in [0.15, 0.2) is 23.5 Å². The summed E-state index contributed by atoms with van der Waals surface area (Å²) in [5, 5.41) is 4.12. The van der Waals surface area contributed by atoms with Crippen molar-refractivity contribution in [3.63, 3.8) is 0 Å². The Labute approximate surface area is 90.2 Å². The Morgan fingerprint density at radius 3 is 2.93 bits per heavy atom. The largest absolute Gasteiger partial charge is 0.387 e. The average molecular weight is 206 g/mol. The summed E-state index contributed by atoms with van der Waals surface area (Å²) in [6, 6.07) is 1.92. The SMILES string of the molecule is NC(=NCCn1cccn1)C1CCCC1. The zero-order chi connectivity index (χ0) is 10.5. The molecular weight excluding hydrogens is 188 g/mol. The van der Waals surface area contributed by atoms with Gasteiger partial charge in [-0.25, -0.2) is 0 Å². The lowest BCUT2D eigenvalue weighted by Crippen LogP contribution is -2.22. The van der Waals surface area contributed by atoms with Gasteiger partial charge in [-0.15, -0.1) is 0 Å². The predicted octanol–water partition coefficient (Wildman–Crippen LogP) is 1.43. The van der Waals surface area contributed by atoms with Gasteiger partial charge >= 0.3 is 0 Å². The van der Waals surface area contributed by atoms with Crippen molar-refractivity contribution in [2.24, 2.45) is 16.6 Å². The van der Waals surface area contributed by atoms with Crippen LogP contribution in [0.4, 0.5) is 0 Å². The molecule has 2 rings (SSSR count). The fraction of sp³-hybridized carbons (Fsp3) is 0.636. The molecule has 1 heterocycles. The second-order valence-corrected chi connectivity index (χ2v) is 4.06. The van der Waals surface area contributed by atoms with Gasteiger partial charge in [0.15, 0.2) is 0 Å². The van der Waals surface area contributed by atoms with Gasteiger partial charge in [0, 0.05) is 18.3 Å². The van der Waals surface area contributed by atoms with Gasteiger partial charge in [0.05, 0.1) is 18.9 Å². The Bertz CT molecular complexity index is 309. The van der Waals surface area contributed by atoms with Crippen molar-refractivity contribution >= 4 is 5.84 Å². The number of rotatable bonds is 4. The number of nitrogens with zero attached hydrogens (tertiary/aromatic N) is 3. The summed E-state index contributed by atoms with van der Waals surface area (Å²) >= 11 is 0. The molecule has 15 heavy (non-hydrogen) atoms. The number of aliphatic imine (C=N–C) groups is 1. The molecule has 0 atom stereocenters. The van der Waals surface area contributed by atoms with E-state index < -0.39 is 0 Å². The van der Waals surface area contributed by atoms with Crippen LogP contribution in [-0.2, 0) is 6.54 Å². The van der Waals surface area contributed by atoms with Crippen LogP contribution in [0, 0.1) is 5.92 Å². The Kier molecular flexibility index (Phi) is 3.37. The number of nitrogens with two attached hydrogens (primary N) is 1. The maximum Gasteiger partial charge on any atom is 0.0969 e. The van der Waals surface area contributed by atoms with E-state index in [-0.39, 0.29) is 0 Å². The molecule has 1 saturated carbocycles. The van der Waals surface area contributed by atoms with Crippen LogP contribution in [0.1, 0.15) is 25.7 Å².